The van der Waals surface area contributed by atoms with Crippen LogP contribution in [-0.2, 0) is 6.18 Å². The van der Waals surface area contributed by atoms with Gasteiger partial charge in [-0.3, -0.25) is 19.9 Å². The second kappa shape index (κ2) is 22.9. The molecule has 6 aromatic heterocycles. The van der Waals surface area contributed by atoms with Gasteiger partial charge in [-0.25, -0.2) is 4.85 Å². The summed E-state index contributed by atoms with van der Waals surface area (Å²) in [7, 11) is 0. The number of nitrogens with zero attached hydrogens (tertiary/aromatic N) is 7. The van der Waals surface area contributed by atoms with Gasteiger partial charge in [-0.1, -0.05) is 164 Å². The molecular formula is C83H52F3N7. The second-order valence-corrected chi connectivity index (χ2v) is 23.2. The number of alkyl halides is 3. The van der Waals surface area contributed by atoms with Crippen molar-refractivity contribution in [3.8, 4) is 112 Å². The summed E-state index contributed by atoms with van der Waals surface area (Å²) in [5.41, 5.74) is 18.6. The second-order valence-electron chi connectivity index (χ2n) is 23.2. The van der Waals surface area contributed by atoms with Gasteiger partial charge in [0, 0.05) is 68.6 Å². The quantitative estimate of drug-likeness (QED) is 0.121. The van der Waals surface area contributed by atoms with E-state index < -0.39 is 11.7 Å². The van der Waals surface area contributed by atoms with Crippen LogP contribution >= 0.6 is 0 Å². The topological polar surface area (TPSA) is 65.8 Å². The van der Waals surface area contributed by atoms with E-state index in [9.17, 15) is 6.57 Å². The summed E-state index contributed by atoms with van der Waals surface area (Å²) < 4.78 is 51.7. The lowest BCUT2D eigenvalue weighted by Gasteiger charge is -2.23. The van der Waals surface area contributed by atoms with Crippen molar-refractivity contribution in [1.82, 2.24) is 29.1 Å². The number of halogens is 3. The van der Waals surface area contributed by atoms with Gasteiger partial charge in [-0.05, 0) is 177 Å². The molecule has 0 aliphatic heterocycles. The summed E-state index contributed by atoms with van der Waals surface area (Å²) in [6.07, 6.45) is 2.55. The Balaban J connectivity index is 0.973. The monoisotopic (exact) mass is 1200 g/mol. The minimum atomic E-state index is -4.75. The molecular weight excluding hydrogens is 1150 g/mol. The zero-order valence-electron chi connectivity index (χ0n) is 50.1. The van der Waals surface area contributed by atoms with Crippen molar-refractivity contribution in [3.05, 3.63) is 320 Å². The van der Waals surface area contributed by atoms with Crippen molar-refractivity contribution >= 4 is 49.3 Å². The van der Waals surface area contributed by atoms with Gasteiger partial charge in [0.05, 0.1) is 68.4 Å². The predicted octanol–water partition coefficient (Wildman–Crippen LogP) is 22.3. The maximum Gasteiger partial charge on any atom is 0.417 e. The van der Waals surface area contributed by atoms with E-state index in [4.69, 9.17) is 19.9 Å². The van der Waals surface area contributed by atoms with Crippen molar-refractivity contribution < 1.29 is 13.2 Å². The van der Waals surface area contributed by atoms with Crippen LogP contribution in [0.2, 0.25) is 0 Å². The van der Waals surface area contributed by atoms with Gasteiger partial charge < -0.3 is 9.13 Å². The van der Waals surface area contributed by atoms with Crippen molar-refractivity contribution in [2.24, 2.45) is 0 Å². The molecule has 0 spiro atoms. The number of hydrogen-bond donors (Lipinski definition) is 0. The average molecular weight is 1200 g/mol. The zero-order chi connectivity index (χ0) is 62.7. The first kappa shape index (κ1) is 56.0. The molecule has 7 nitrogen and oxygen atoms in total. The van der Waals surface area contributed by atoms with Gasteiger partial charge in [0.15, 0.2) is 0 Å². The summed E-state index contributed by atoms with van der Waals surface area (Å²) in [5.74, 6) is 0. The lowest BCUT2D eigenvalue weighted by Crippen LogP contribution is -2.10. The molecule has 440 valence electrons. The van der Waals surface area contributed by atoms with Gasteiger partial charge in [-0.15, -0.1) is 0 Å². The van der Waals surface area contributed by atoms with Crippen LogP contribution in [0, 0.1) is 13.5 Å². The van der Waals surface area contributed by atoms with E-state index in [-0.39, 0.29) is 16.8 Å². The Morgan fingerprint density at radius 3 is 1.00 bits per heavy atom. The Morgan fingerprint density at radius 2 is 0.667 bits per heavy atom. The Kier molecular flexibility index (Phi) is 13.8. The van der Waals surface area contributed by atoms with E-state index in [1.54, 1.807) is 19.1 Å². The Hall–Kier alpha value is -12.3. The Labute approximate surface area is 534 Å². The molecule has 0 amide bonds. The molecule has 0 saturated carbocycles. The summed E-state index contributed by atoms with van der Waals surface area (Å²) in [6, 6.07) is 89.7. The molecule has 16 rings (SSSR count). The Bertz CT molecular complexity index is 5350. The van der Waals surface area contributed by atoms with Crippen molar-refractivity contribution in [3.63, 3.8) is 0 Å². The van der Waals surface area contributed by atoms with Gasteiger partial charge in [0.1, 0.15) is 0 Å². The van der Waals surface area contributed by atoms with E-state index in [1.807, 2.05) is 205 Å². The molecule has 0 atom stereocenters. The van der Waals surface area contributed by atoms with Crippen molar-refractivity contribution in [2.75, 3.05) is 0 Å². The van der Waals surface area contributed by atoms with E-state index in [0.717, 1.165) is 128 Å². The van der Waals surface area contributed by atoms with Gasteiger partial charge in [0.25, 0.3) is 0 Å². The smallest absolute Gasteiger partial charge is 0.319 e. The van der Waals surface area contributed by atoms with E-state index >= 15 is 13.2 Å². The first-order valence-corrected chi connectivity index (χ1v) is 30.6. The van der Waals surface area contributed by atoms with Crippen LogP contribution in [-0.4, -0.2) is 29.1 Å². The van der Waals surface area contributed by atoms with Crippen LogP contribution in [0.25, 0.3) is 160 Å². The number of hydrogen-bond acceptors (Lipinski definition) is 4. The van der Waals surface area contributed by atoms with Gasteiger partial charge >= 0.3 is 6.18 Å². The summed E-state index contributed by atoms with van der Waals surface area (Å²) >= 11 is 0. The first-order chi connectivity index (χ1) is 45.6. The molecule has 93 heavy (non-hydrogen) atoms. The molecule has 0 fully saturated rings. The van der Waals surface area contributed by atoms with Crippen LogP contribution in [0.1, 0.15) is 11.1 Å². The molecule has 6 heterocycles. The highest BCUT2D eigenvalue weighted by Gasteiger charge is 2.36. The number of pyridine rings is 4. The maximum absolute atomic E-state index is 15.9. The van der Waals surface area contributed by atoms with Crippen LogP contribution in [0.4, 0.5) is 18.9 Å². The summed E-state index contributed by atoms with van der Waals surface area (Å²) in [4.78, 5) is 23.6. The summed E-state index contributed by atoms with van der Waals surface area (Å²) in [6.45, 7) is 11.3. The number of aromatic nitrogens is 6. The third kappa shape index (κ3) is 10.1. The third-order valence-corrected chi connectivity index (χ3v) is 17.7. The van der Waals surface area contributed by atoms with Crippen molar-refractivity contribution in [1.29, 1.82) is 0 Å². The number of aryl methyl sites for hydroxylation is 1. The molecule has 10 aromatic carbocycles. The minimum absolute atomic E-state index is 0.00824. The highest BCUT2D eigenvalue weighted by atomic mass is 19.4. The number of fused-ring (bicyclic) bond motifs is 6. The standard InChI is InChI=1S/C83H52F3N7/c1-52-16-15-25-70(83(84,85)86)80(52)65-30-35-79(92-75-31-26-57(61-36-40-88-71(48-61)53-17-7-3-8-18-53)44-66(75)67-45-58(27-32-76(67)92)62-37-41-89-72(49-62)54-19-9-4-10-20-54)81(87-2)82(65)93-77-33-28-59(63-38-42-90-73(50-63)55-21-11-5-12-22-55)46-68(77)69-47-60(29-34-78(69)93)64-39-43-91-74(51-64)56-23-13-6-14-24-56/h3-51H,1H3. The first-order valence-electron chi connectivity index (χ1n) is 30.6. The normalized spacial score (nSPS) is 11.6. The maximum atomic E-state index is 15.9. The average Bonchev–Trinajstić information content (AvgIpc) is 1.60. The fourth-order valence-corrected chi connectivity index (χ4v) is 13.3. The SMILES string of the molecule is [C-]#[N+]c1c(-n2c3ccc(-c4ccnc(-c5ccccc5)c4)cc3c3cc(-c4ccnc(-c5ccccc5)c4)ccc32)ccc(-c2c(C)cccc2C(F)(F)F)c1-n1c2ccc(-c3ccnc(-c4ccccc4)c3)cc2c2cc(-c3ccnc(-c4ccccc4)c3)ccc21. The Morgan fingerprint density at radius 1 is 0.333 bits per heavy atom. The van der Waals surface area contributed by atoms with Gasteiger partial charge in [-0.2, -0.15) is 13.2 Å². The molecule has 0 radical (unpaired) electrons. The molecule has 0 unspecified atom stereocenters. The van der Waals surface area contributed by atoms with Crippen molar-refractivity contribution in [2.45, 2.75) is 13.1 Å². The molecule has 0 N–H and O–H groups in total. The lowest BCUT2D eigenvalue weighted by atomic mass is 9.92. The molecule has 16 aromatic rings. The molecule has 10 heteroatoms. The lowest BCUT2D eigenvalue weighted by molar-refractivity contribution is -0.137. The number of rotatable bonds is 11. The predicted molar refractivity (Wildman–Crippen MR) is 371 cm³/mol. The zero-order valence-corrected chi connectivity index (χ0v) is 50.1. The van der Waals surface area contributed by atoms with Crippen LogP contribution in [0.5, 0.6) is 0 Å². The largest absolute Gasteiger partial charge is 0.417 e. The highest BCUT2D eigenvalue weighted by Crippen LogP contribution is 2.50. The van der Waals surface area contributed by atoms with E-state index in [1.165, 1.54) is 6.07 Å². The number of benzene rings is 10. The van der Waals surface area contributed by atoms with E-state index in [0.29, 0.717) is 28.0 Å². The summed E-state index contributed by atoms with van der Waals surface area (Å²) in [5, 5.41) is 3.50. The van der Waals surface area contributed by atoms with Crippen LogP contribution in [0.15, 0.2) is 298 Å². The molecule has 0 aliphatic carbocycles. The fraction of sp³-hybridized carbons (Fsp3) is 0.0241. The third-order valence-electron chi connectivity index (χ3n) is 17.7. The van der Waals surface area contributed by atoms with Crippen LogP contribution in [0.3, 0.4) is 0 Å². The molecule has 0 aliphatic rings. The fourth-order valence-electron chi connectivity index (χ4n) is 13.3. The minimum Gasteiger partial charge on any atom is -0.319 e. The highest BCUT2D eigenvalue weighted by molar-refractivity contribution is 6.15. The molecule has 0 bridgehead atoms. The van der Waals surface area contributed by atoms with Crippen LogP contribution < -0.4 is 0 Å². The van der Waals surface area contributed by atoms with E-state index in [2.05, 4.69) is 82.2 Å². The van der Waals surface area contributed by atoms with Gasteiger partial charge in [0.2, 0.25) is 5.69 Å². The molecule has 0 saturated heterocycles.